The van der Waals surface area contributed by atoms with Crippen molar-refractivity contribution in [2.75, 3.05) is 5.73 Å². The minimum atomic E-state index is -5.00. The zero-order chi connectivity index (χ0) is 24.6. The minimum Gasteiger partial charge on any atom is -0.453 e. The quantitative estimate of drug-likeness (QED) is 0.392. The number of ether oxygens (including phenoxy) is 1. The molecule has 0 radical (unpaired) electrons. The number of pyridine rings is 2. The molecule has 4 N–H and O–H groups in total. The van der Waals surface area contributed by atoms with Crippen LogP contribution in [0.25, 0.3) is 16.9 Å². The minimum absolute atomic E-state index is 0.0139. The molecule has 174 valence electrons. The SMILES string of the molecule is NC(=O)c1c(-c2ccc(Oc3ccnc(N)c3Cl)c(F)c2)nn(-c2ccncc2)c1C(F)(F)F. The third-order valence-electron chi connectivity index (χ3n) is 4.61. The van der Waals surface area contributed by atoms with Crippen molar-refractivity contribution in [3.05, 3.63) is 77.1 Å². The molecular weight excluding hydrogens is 480 g/mol. The number of nitrogen functional groups attached to an aromatic ring is 1. The number of nitrogens with zero attached hydrogens (tertiary/aromatic N) is 4. The van der Waals surface area contributed by atoms with Crippen LogP contribution < -0.4 is 16.2 Å². The third-order valence-corrected chi connectivity index (χ3v) is 4.99. The highest BCUT2D eigenvalue weighted by Crippen LogP contribution is 2.39. The van der Waals surface area contributed by atoms with Crippen molar-refractivity contribution >= 4 is 23.3 Å². The number of benzene rings is 1. The molecule has 0 aliphatic heterocycles. The van der Waals surface area contributed by atoms with Gasteiger partial charge in [0, 0.05) is 30.2 Å². The average molecular weight is 493 g/mol. The topological polar surface area (TPSA) is 122 Å². The Morgan fingerprint density at radius 2 is 1.76 bits per heavy atom. The van der Waals surface area contributed by atoms with Gasteiger partial charge in [-0.2, -0.15) is 18.3 Å². The fourth-order valence-electron chi connectivity index (χ4n) is 3.16. The molecule has 0 bridgehead atoms. The van der Waals surface area contributed by atoms with Gasteiger partial charge in [-0.15, -0.1) is 0 Å². The highest BCUT2D eigenvalue weighted by molar-refractivity contribution is 6.34. The van der Waals surface area contributed by atoms with Gasteiger partial charge in [-0.25, -0.2) is 14.1 Å². The number of nitrogens with two attached hydrogens (primary N) is 2. The number of hydrogen-bond donors (Lipinski definition) is 2. The highest BCUT2D eigenvalue weighted by atomic mass is 35.5. The number of carbonyl (C=O) groups excluding carboxylic acids is 1. The molecule has 8 nitrogen and oxygen atoms in total. The second kappa shape index (κ2) is 8.63. The van der Waals surface area contributed by atoms with E-state index in [-0.39, 0.29) is 33.6 Å². The van der Waals surface area contributed by atoms with Crippen LogP contribution in [0, 0.1) is 5.82 Å². The summed E-state index contributed by atoms with van der Waals surface area (Å²) >= 11 is 5.99. The second-order valence-corrected chi connectivity index (χ2v) is 7.18. The summed E-state index contributed by atoms with van der Waals surface area (Å²) in [6.45, 7) is 0. The van der Waals surface area contributed by atoms with Crippen LogP contribution >= 0.6 is 11.6 Å². The Kier molecular flexibility index (Phi) is 5.83. The number of amides is 1. The van der Waals surface area contributed by atoms with Crippen LogP contribution in [0.5, 0.6) is 11.5 Å². The normalized spacial score (nSPS) is 11.4. The molecule has 0 aliphatic rings. The van der Waals surface area contributed by atoms with Gasteiger partial charge >= 0.3 is 6.18 Å². The molecule has 0 spiro atoms. The second-order valence-electron chi connectivity index (χ2n) is 6.81. The molecule has 1 amide bonds. The van der Waals surface area contributed by atoms with E-state index in [1.54, 1.807) is 0 Å². The predicted octanol–water partition coefficient (Wildman–Crippen LogP) is 4.61. The molecule has 0 saturated carbocycles. The maximum atomic E-state index is 14.9. The van der Waals surface area contributed by atoms with Gasteiger partial charge in [0.2, 0.25) is 0 Å². The molecule has 3 heterocycles. The Labute approximate surface area is 193 Å². The van der Waals surface area contributed by atoms with Crippen molar-refractivity contribution in [1.82, 2.24) is 19.7 Å². The van der Waals surface area contributed by atoms with Gasteiger partial charge in [-0.1, -0.05) is 11.6 Å². The van der Waals surface area contributed by atoms with Gasteiger partial charge in [-0.05, 0) is 30.3 Å². The van der Waals surface area contributed by atoms with Crippen molar-refractivity contribution in [1.29, 1.82) is 0 Å². The van der Waals surface area contributed by atoms with Crippen LogP contribution in [-0.2, 0) is 6.18 Å². The first-order valence-corrected chi connectivity index (χ1v) is 9.74. The van der Waals surface area contributed by atoms with Gasteiger partial charge in [0.05, 0.1) is 11.3 Å². The molecule has 4 aromatic rings. The lowest BCUT2D eigenvalue weighted by Gasteiger charge is -2.11. The van der Waals surface area contributed by atoms with E-state index < -0.39 is 34.9 Å². The van der Waals surface area contributed by atoms with Crippen LogP contribution in [0.1, 0.15) is 16.1 Å². The summed E-state index contributed by atoms with van der Waals surface area (Å²) in [4.78, 5) is 19.6. The zero-order valence-electron chi connectivity index (χ0n) is 16.8. The number of carbonyl (C=O) groups is 1. The third kappa shape index (κ3) is 4.22. The summed E-state index contributed by atoms with van der Waals surface area (Å²) in [5, 5.41) is 3.89. The van der Waals surface area contributed by atoms with Gasteiger partial charge < -0.3 is 16.2 Å². The van der Waals surface area contributed by atoms with Crippen LogP contribution in [-0.4, -0.2) is 25.7 Å². The maximum Gasteiger partial charge on any atom is 0.434 e. The summed E-state index contributed by atoms with van der Waals surface area (Å²) in [5.41, 5.74) is 7.93. The lowest BCUT2D eigenvalue weighted by molar-refractivity contribution is -0.143. The molecule has 4 rings (SSSR count). The average Bonchev–Trinajstić information content (AvgIpc) is 3.20. The summed E-state index contributed by atoms with van der Waals surface area (Å²) in [7, 11) is 0. The van der Waals surface area contributed by atoms with E-state index in [0.29, 0.717) is 4.68 Å². The summed E-state index contributed by atoms with van der Waals surface area (Å²) < 4.78 is 62.6. The summed E-state index contributed by atoms with van der Waals surface area (Å²) in [5.74, 6) is -2.68. The van der Waals surface area contributed by atoms with Crippen molar-refractivity contribution in [2.45, 2.75) is 6.18 Å². The molecule has 0 aliphatic carbocycles. The Balaban J connectivity index is 1.84. The van der Waals surface area contributed by atoms with Crippen LogP contribution in [0.3, 0.4) is 0 Å². The number of rotatable bonds is 5. The zero-order valence-corrected chi connectivity index (χ0v) is 17.6. The molecule has 34 heavy (non-hydrogen) atoms. The molecular formula is C21H13ClF4N6O2. The van der Waals surface area contributed by atoms with Crippen molar-refractivity contribution in [3.8, 4) is 28.4 Å². The van der Waals surface area contributed by atoms with Crippen LogP contribution in [0.15, 0.2) is 55.0 Å². The molecule has 0 saturated heterocycles. The van der Waals surface area contributed by atoms with Gasteiger partial charge in [0.15, 0.2) is 23.0 Å². The fourth-order valence-corrected chi connectivity index (χ4v) is 3.31. The van der Waals surface area contributed by atoms with Gasteiger partial charge in [-0.3, -0.25) is 9.78 Å². The monoisotopic (exact) mass is 492 g/mol. The van der Waals surface area contributed by atoms with Crippen molar-refractivity contribution < 1.29 is 27.1 Å². The Morgan fingerprint density at radius 3 is 2.38 bits per heavy atom. The Bertz CT molecular complexity index is 1390. The lowest BCUT2D eigenvalue weighted by atomic mass is 10.0. The Morgan fingerprint density at radius 1 is 1.06 bits per heavy atom. The van der Waals surface area contributed by atoms with Crippen molar-refractivity contribution in [3.63, 3.8) is 0 Å². The lowest BCUT2D eigenvalue weighted by Crippen LogP contribution is -2.21. The first-order chi connectivity index (χ1) is 16.1. The number of halogens is 5. The van der Waals surface area contributed by atoms with E-state index >= 15 is 0 Å². The number of primary amides is 1. The molecule has 13 heteroatoms. The molecule has 3 aromatic heterocycles. The van der Waals surface area contributed by atoms with Gasteiger partial charge in [0.25, 0.3) is 5.91 Å². The number of anilines is 1. The highest BCUT2D eigenvalue weighted by Gasteiger charge is 2.42. The van der Waals surface area contributed by atoms with E-state index in [2.05, 4.69) is 15.1 Å². The smallest absolute Gasteiger partial charge is 0.434 e. The van der Waals surface area contributed by atoms with E-state index in [0.717, 1.165) is 12.1 Å². The summed E-state index contributed by atoms with van der Waals surface area (Å²) in [6.07, 6.45) is -1.20. The summed E-state index contributed by atoms with van der Waals surface area (Å²) in [6, 6.07) is 7.10. The maximum absolute atomic E-state index is 14.9. The first-order valence-electron chi connectivity index (χ1n) is 9.36. The number of aromatic nitrogens is 4. The number of hydrogen-bond acceptors (Lipinski definition) is 6. The Hall–Kier alpha value is -4.19. The van der Waals surface area contributed by atoms with Crippen LogP contribution in [0.4, 0.5) is 23.4 Å². The van der Waals surface area contributed by atoms with E-state index in [4.69, 9.17) is 27.8 Å². The van der Waals surface area contributed by atoms with E-state index in [1.807, 2.05) is 0 Å². The molecule has 1 aromatic carbocycles. The van der Waals surface area contributed by atoms with E-state index in [1.165, 1.54) is 42.9 Å². The first kappa shape index (κ1) is 23.0. The predicted molar refractivity (Wildman–Crippen MR) is 114 cm³/mol. The van der Waals surface area contributed by atoms with Crippen LogP contribution in [0.2, 0.25) is 5.02 Å². The standard InChI is InChI=1S/C21H13ClF4N6O2/c22-16-14(5-8-30-19(16)27)34-13-2-1-10(9-12(13)23)17-15(20(28)33)18(21(24,25)26)32(31-17)11-3-6-29-7-4-11/h1-9H,(H2,27,30)(H2,28,33). The van der Waals surface area contributed by atoms with E-state index in [9.17, 15) is 22.4 Å². The van der Waals surface area contributed by atoms with Gasteiger partial charge in [0.1, 0.15) is 16.5 Å². The number of alkyl halides is 3. The van der Waals surface area contributed by atoms with Crippen molar-refractivity contribution in [2.24, 2.45) is 5.73 Å². The molecule has 0 fully saturated rings. The fraction of sp³-hybridized carbons (Fsp3) is 0.0476. The largest absolute Gasteiger partial charge is 0.453 e. The molecule has 0 unspecified atom stereocenters. The molecule has 0 atom stereocenters.